The molecule has 0 atom stereocenters. The Hall–Kier alpha value is -1.87. The van der Waals surface area contributed by atoms with Crippen molar-refractivity contribution in [1.82, 2.24) is 0 Å². The number of carbonyl (C=O) groups excluding carboxylic acids is 2. The summed E-state index contributed by atoms with van der Waals surface area (Å²) < 4.78 is 5.38. The van der Waals surface area contributed by atoms with Crippen molar-refractivity contribution < 1.29 is 14.3 Å². The summed E-state index contributed by atoms with van der Waals surface area (Å²) >= 11 is 1.51. The molecule has 0 saturated heterocycles. The first-order valence-electron chi connectivity index (χ1n) is 11.5. The van der Waals surface area contributed by atoms with E-state index < -0.39 is 0 Å². The number of amides is 1. The molecule has 0 spiro atoms. The van der Waals surface area contributed by atoms with Gasteiger partial charge in [0.1, 0.15) is 11.1 Å². The number of hydrogen-bond acceptors (Lipinski definition) is 5. The highest BCUT2D eigenvalue weighted by Crippen LogP contribution is 2.61. The molecule has 0 aromatic carbocycles. The first-order chi connectivity index (χ1) is 14.5. The van der Waals surface area contributed by atoms with Crippen molar-refractivity contribution in [3.63, 3.8) is 0 Å². The Morgan fingerprint density at radius 1 is 1.07 bits per heavy atom. The molecule has 1 aromatic heterocycles. The van der Waals surface area contributed by atoms with Gasteiger partial charge in [0.2, 0.25) is 0 Å². The normalized spacial score (nSPS) is 31.5. The minimum atomic E-state index is -0.346. The molecule has 6 heteroatoms. The second-order valence-corrected chi connectivity index (χ2v) is 11.3. The molecule has 1 heterocycles. The summed E-state index contributed by atoms with van der Waals surface area (Å²) in [4.78, 5) is 26.2. The first kappa shape index (κ1) is 20.1. The van der Waals surface area contributed by atoms with Gasteiger partial charge in [-0.05, 0) is 92.9 Å². The number of nitrogens with one attached hydrogen (secondary N) is 1. The highest BCUT2D eigenvalue weighted by molar-refractivity contribution is 7.16. The van der Waals surface area contributed by atoms with Gasteiger partial charge < -0.3 is 10.1 Å². The van der Waals surface area contributed by atoms with E-state index in [1.165, 1.54) is 41.9 Å². The Morgan fingerprint density at radius 3 is 2.40 bits per heavy atom. The van der Waals surface area contributed by atoms with Gasteiger partial charge in [0.15, 0.2) is 6.61 Å². The number of aryl methyl sites for hydroxylation is 1. The molecule has 5 aliphatic rings. The quantitative estimate of drug-likeness (QED) is 0.532. The molecule has 5 nitrogen and oxygen atoms in total. The molecule has 160 valence electrons. The molecule has 4 bridgehead atoms. The largest absolute Gasteiger partial charge is 0.456 e. The van der Waals surface area contributed by atoms with E-state index in [-0.39, 0.29) is 23.9 Å². The minimum Gasteiger partial charge on any atom is -0.456 e. The highest BCUT2D eigenvalue weighted by Gasteiger charge is 2.51. The number of hydrogen-bond donors (Lipinski definition) is 1. The number of esters is 1. The van der Waals surface area contributed by atoms with Crippen molar-refractivity contribution in [3.05, 3.63) is 16.0 Å². The van der Waals surface area contributed by atoms with E-state index in [1.54, 1.807) is 0 Å². The molecule has 0 radical (unpaired) electrons. The van der Waals surface area contributed by atoms with Crippen LogP contribution in [0.2, 0.25) is 0 Å². The maximum Gasteiger partial charge on any atom is 0.306 e. The van der Waals surface area contributed by atoms with Crippen LogP contribution >= 0.6 is 11.3 Å². The Balaban J connectivity index is 1.16. The van der Waals surface area contributed by atoms with Crippen LogP contribution in [-0.4, -0.2) is 18.5 Å². The summed E-state index contributed by atoms with van der Waals surface area (Å²) in [5.41, 5.74) is 1.83. The SMILES string of the molecule is N#Cc1c(NC(=O)COC(=O)CC23CC4CC(CC(C4)C2)C3)sc2c1CCCCC2. The third-order valence-corrected chi connectivity index (χ3v) is 9.04. The summed E-state index contributed by atoms with van der Waals surface area (Å²) in [5.74, 6) is 1.80. The van der Waals surface area contributed by atoms with Crippen molar-refractivity contribution in [3.8, 4) is 6.07 Å². The molecule has 5 aliphatic carbocycles. The van der Waals surface area contributed by atoms with Crippen molar-refractivity contribution in [1.29, 1.82) is 5.26 Å². The number of fused-ring (bicyclic) bond motifs is 1. The van der Waals surface area contributed by atoms with Gasteiger partial charge in [-0.25, -0.2) is 0 Å². The fourth-order valence-electron chi connectivity index (χ4n) is 7.12. The lowest BCUT2D eigenvalue weighted by Crippen LogP contribution is -2.47. The zero-order valence-corrected chi connectivity index (χ0v) is 18.3. The van der Waals surface area contributed by atoms with Gasteiger partial charge in [0.25, 0.3) is 5.91 Å². The summed E-state index contributed by atoms with van der Waals surface area (Å²) in [6.07, 6.45) is 13.3. The Morgan fingerprint density at radius 2 is 1.73 bits per heavy atom. The molecule has 6 rings (SSSR count). The molecule has 1 aromatic rings. The second-order valence-electron chi connectivity index (χ2n) is 10.2. The van der Waals surface area contributed by atoms with E-state index in [0.717, 1.165) is 68.3 Å². The predicted molar refractivity (Wildman–Crippen MR) is 115 cm³/mol. The number of rotatable bonds is 5. The van der Waals surface area contributed by atoms with Crippen molar-refractivity contribution in [2.75, 3.05) is 11.9 Å². The summed E-state index contributed by atoms with van der Waals surface area (Å²) in [5, 5.41) is 13.0. The predicted octanol–water partition coefficient (Wildman–Crippen LogP) is 4.98. The van der Waals surface area contributed by atoms with Crippen LogP contribution in [0.25, 0.3) is 0 Å². The third-order valence-electron chi connectivity index (χ3n) is 7.83. The van der Waals surface area contributed by atoms with E-state index in [9.17, 15) is 14.9 Å². The minimum absolute atomic E-state index is 0.127. The fourth-order valence-corrected chi connectivity index (χ4v) is 8.38. The Bertz CT molecular complexity index is 862. The lowest BCUT2D eigenvalue weighted by Gasteiger charge is -2.56. The van der Waals surface area contributed by atoms with Crippen molar-refractivity contribution in [2.45, 2.75) is 77.0 Å². The third kappa shape index (κ3) is 3.89. The average Bonchev–Trinajstić information content (AvgIpc) is 2.84. The van der Waals surface area contributed by atoms with E-state index in [2.05, 4.69) is 11.4 Å². The number of anilines is 1. The molecule has 4 fully saturated rings. The van der Waals surface area contributed by atoms with Gasteiger partial charge in [-0.1, -0.05) is 6.42 Å². The molecule has 0 unspecified atom stereocenters. The van der Waals surface area contributed by atoms with Crippen LogP contribution in [-0.2, 0) is 27.2 Å². The summed E-state index contributed by atoms with van der Waals surface area (Å²) in [6.45, 7) is -0.265. The fraction of sp³-hybridized carbons (Fsp3) is 0.708. The van der Waals surface area contributed by atoms with Gasteiger partial charge in [-0.3, -0.25) is 9.59 Å². The lowest BCUT2D eigenvalue weighted by atomic mass is 9.49. The summed E-state index contributed by atoms with van der Waals surface area (Å²) in [7, 11) is 0. The summed E-state index contributed by atoms with van der Waals surface area (Å²) in [6, 6.07) is 2.28. The zero-order chi connectivity index (χ0) is 20.7. The monoisotopic (exact) mass is 426 g/mol. The molecule has 1 N–H and O–H groups in total. The van der Waals surface area contributed by atoms with Crippen LogP contribution in [0.5, 0.6) is 0 Å². The first-order valence-corrected chi connectivity index (χ1v) is 12.4. The number of nitriles is 1. The number of carbonyl (C=O) groups is 2. The zero-order valence-electron chi connectivity index (χ0n) is 17.5. The van der Waals surface area contributed by atoms with Gasteiger partial charge in [-0.15, -0.1) is 11.3 Å². The molecular formula is C24H30N2O3S. The van der Waals surface area contributed by atoms with Crippen LogP contribution in [0.3, 0.4) is 0 Å². The van der Waals surface area contributed by atoms with Crippen LogP contribution in [0, 0.1) is 34.5 Å². The molecular weight excluding hydrogens is 396 g/mol. The van der Waals surface area contributed by atoms with Crippen LogP contribution in [0.4, 0.5) is 5.00 Å². The van der Waals surface area contributed by atoms with Crippen LogP contribution < -0.4 is 5.32 Å². The molecule has 4 saturated carbocycles. The Kier molecular flexibility index (Phi) is 5.35. The molecule has 30 heavy (non-hydrogen) atoms. The second kappa shape index (κ2) is 8.00. The molecule has 0 aliphatic heterocycles. The van der Waals surface area contributed by atoms with Crippen LogP contribution in [0.1, 0.15) is 80.2 Å². The van der Waals surface area contributed by atoms with Gasteiger partial charge >= 0.3 is 5.97 Å². The average molecular weight is 427 g/mol. The van der Waals surface area contributed by atoms with E-state index in [4.69, 9.17) is 4.74 Å². The highest BCUT2D eigenvalue weighted by atomic mass is 32.1. The van der Waals surface area contributed by atoms with E-state index >= 15 is 0 Å². The van der Waals surface area contributed by atoms with Crippen molar-refractivity contribution in [2.24, 2.45) is 23.2 Å². The number of ether oxygens (including phenoxy) is 1. The standard InChI is InChI=1S/C24H30N2O3S/c25-13-19-18-4-2-1-3-5-20(18)30-23(19)26-21(27)14-29-22(28)12-24-9-15-6-16(10-24)8-17(7-15)11-24/h15-17H,1-12,14H2,(H,26,27). The van der Waals surface area contributed by atoms with E-state index in [1.807, 2.05) is 0 Å². The van der Waals surface area contributed by atoms with Crippen molar-refractivity contribution >= 4 is 28.2 Å². The number of thiophene rings is 1. The van der Waals surface area contributed by atoms with Gasteiger partial charge in [0, 0.05) is 4.88 Å². The lowest BCUT2D eigenvalue weighted by molar-refractivity contribution is -0.154. The Labute approximate surface area is 182 Å². The molecule has 1 amide bonds. The maximum absolute atomic E-state index is 12.6. The smallest absolute Gasteiger partial charge is 0.306 e. The van der Waals surface area contributed by atoms with Crippen LogP contribution in [0.15, 0.2) is 0 Å². The van der Waals surface area contributed by atoms with E-state index in [0.29, 0.717) is 17.0 Å². The maximum atomic E-state index is 12.6. The van der Waals surface area contributed by atoms with Gasteiger partial charge in [-0.2, -0.15) is 5.26 Å². The topological polar surface area (TPSA) is 79.2 Å². The number of nitrogens with zero attached hydrogens (tertiary/aromatic N) is 1. The van der Waals surface area contributed by atoms with Gasteiger partial charge in [0.05, 0.1) is 12.0 Å².